The molecule has 1 N–H and O–H groups in total. The third-order valence-corrected chi connectivity index (χ3v) is 3.78. The predicted molar refractivity (Wildman–Crippen MR) is 94.1 cm³/mol. The van der Waals surface area contributed by atoms with Crippen LogP contribution in [0.1, 0.15) is 25.0 Å². The van der Waals surface area contributed by atoms with Crippen LogP contribution in [0.3, 0.4) is 0 Å². The lowest BCUT2D eigenvalue weighted by Gasteiger charge is -2.27. The van der Waals surface area contributed by atoms with E-state index in [1.165, 1.54) is 11.1 Å². The predicted octanol–water partition coefficient (Wildman–Crippen LogP) is 3.48. The number of hydrogen-bond donors (Lipinski definition) is 1. The summed E-state index contributed by atoms with van der Waals surface area (Å²) in [7, 11) is 0. The summed E-state index contributed by atoms with van der Waals surface area (Å²) in [5, 5.41) is 9.29. The van der Waals surface area contributed by atoms with Crippen molar-refractivity contribution in [3.8, 4) is 0 Å². The van der Waals surface area contributed by atoms with Crippen molar-refractivity contribution in [2.45, 2.75) is 32.5 Å². The standard InChI is InChI=1S/C20H27NO2/c1-20(2,17-22)23-14-13-21(15-18-9-5-3-6-10-18)16-19-11-7-4-8-12-19/h3-12,22H,13-17H2,1-2H3. The molecule has 23 heavy (non-hydrogen) atoms. The molecule has 2 rings (SSSR count). The summed E-state index contributed by atoms with van der Waals surface area (Å²) < 4.78 is 5.79. The van der Waals surface area contributed by atoms with E-state index in [0.717, 1.165) is 19.6 Å². The molecular formula is C20H27NO2. The molecule has 0 radical (unpaired) electrons. The van der Waals surface area contributed by atoms with Gasteiger partial charge in [0.25, 0.3) is 0 Å². The van der Waals surface area contributed by atoms with Crippen LogP contribution in [-0.4, -0.2) is 35.4 Å². The fourth-order valence-corrected chi connectivity index (χ4v) is 2.39. The fourth-order valence-electron chi connectivity index (χ4n) is 2.39. The number of hydrogen-bond acceptors (Lipinski definition) is 3. The Morgan fingerprint density at radius 2 is 1.35 bits per heavy atom. The van der Waals surface area contributed by atoms with E-state index in [2.05, 4.69) is 53.4 Å². The summed E-state index contributed by atoms with van der Waals surface area (Å²) in [6.07, 6.45) is 0. The number of nitrogens with zero attached hydrogens (tertiary/aromatic N) is 1. The van der Waals surface area contributed by atoms with Crippen LogP contribution in [0.15, 0.2) is 60.7 Å². The largest absolute Gasteiger partial charge is 0.393 e. The molecule has 0 aliphatic rings. The minimum atomic E-state index is -0.481. The Labute approximate surface area is 139 Å². The van der Waals surface area contributed by atoms with E-state index in [4.69, 9.17) is 4.74 Å². The van der Waals surface area contributed by atoms with Crippen molar-refractivity contribution in [3.63, 3.8) is 0 Å². The Kier molecular flexibility index (Phi) is 6.78. The molecule has 0 aromatic heterocycles. The Morgan fingerprint density at radius 3 is 1.78 bits per heavy atom. The Hall–Kier alpha value is -1.68. The summed E-state index contributed by atoms with van der Waals surface area (Å²) in [6.45, 7) is 7.06. The summed E-state index contributed by atoms with van der Waals surface area (Å²) >= 11 is 0. The van der Waals surface area contributed by atoms with Gasteiger partial charge in [0.2, 0.25) is 0 Å². The SMILES string of the molecule is CC(C)(CO)OCCN(Cc1ccccc1)Cc1ccccc1. The van der Waals surface area contributed by atoms with E-state index in [-0.39, 0.29) is 6.61 Å². The zero-order valence-corrected chi connectivity index (χ0v) is 14.1. The molecule has 0 saturated heterocycles. The second kappa shape index (κ2) is 8.82. The van der Waals surface area contributed by atoms with Gasteiger partial charge in [-0.1, -0.05) is 60.7 Å². The first-order valence-electron chi connectivity index (χ1n) is 8.14. The van der Waals surface area contributed by atoms with Gasteiger partial charge in [-0.3, -0.25) is 4.90 Å². The number of benzene rings is 2. The van der Waals surface area contributed by atoms with E-state index in [9.17, 15) is 5.11 Å². The average Bonchev–Trinajstić information content (AvgIpc) is 2.56. The molecular weight excluding hydrogens is 286 g/mol. The van der Waals surface area contributed by atoms with Gasteiger partial charge in [0.15, 0.2) is 0 Å². The summed E-state index contributed by atoms with van der Waals surface area (Å²) in [6, 6.07) is 21.0. The highest BCUT2D eigenvalue weighted by Crippen LogP contribution is 2.12. The van der Waals surface area contributed by atoms with Crippen LogP contribution in [0.4, 0.5) is 0 Å². The van der Waals surface area contributed by atoms with Crippen molar-refractivity contribution in [3.05, 3.63) is 71.8 Å². The van der Waals surface area contributed by atoms with Gasteiger partial charge >= 0.3 is 0 Å². The highest BCUT2D eigenvalue weighted by Gasteiger charge is 2.17. The summed E-state index contributed by atoms with van der Waals surface area (Å²) in [4.78, 5) is 2.37. The molecule has 0 spiro atoms. The molecule has 0 heterocycles. The normalized spacial score (nSPS) is 11.8. The Morgan fingerprint density at radius 1 is 0.870 bits per heavy atom. The lowest BCUT2D eigenvalue weighted by molar-refractivity contribution is -0.0604. The maximum atomic E-state index is 9.29. The van der Waals surface area contributed by atoms with Crippen LogP contribution in [0.25, 0.3) is 0 Å². The third-order valence-electron chi connectivity index (χ3n) is 3.78. The molecule has 0 aliphatic carbocycles. The first kappa shape index (κ1) is 17.7. The molecule has 2 aromatic carbocycles. The molecule has 3 nitrogen and oxygen atoms in total. The fraction of sp³-hybridized carbons (Fsp3) is 0.400. The first-order chi connectivity index (χ1) is 11.1. The van der Waals surface area contributed by atoms with Crippen molar-refractivity contribution < 1.29 is 9.84 Å². The average molecular weight is 313 g/mol. The Bertz CT molecular complexity index is 513. The van der Waals surface area contributed by atoms with Crippen molar-refractivity contribution in [1.82, 2.24) is 4.90 Å². The molecule has 0 atom stereocenters. The molecule has 0 saturated carbocycles. The molecule has 0 bridgehead atoms. The highest BCUT2D eigenvalue weighted by molar-refractivity contribution is 5.17. The number of aliphatic hydroxyl groups is 1. The molecule has 2 aromatic rings. The van der Waals surface area contributed by atoms with Gasteiger partial charge in [-0.15, -0.1) is 0 Å². The maximum absolute atomic E-state index is 9.29. The van der Waals surface area contributed by atoms with E-state index in [1.54, 1.807) is 0 Å². The van der Waals surface area contributed by atoms with Crippen LogP contribution in [0, 0.1) is 0 Å². The topological polar surface area (TPSA) is 32.7 Å². The summed E-state index contributed by atoms with van der Waals surface area (Å²) in [5.74, 6) is 0. The number of rotatable bonds is 9. The number of aliphatic hydroxyl groups excluding tert-OH is 1. The minimum absolute atomic E-state index is 0.0321. The highest BCUT2D eigenvalue weighted by atomic mass is 16.5. The zero-order chi connectivity index (χ0) is 16.5. The monoisotopic (exact) mass is 313 g/mol. The minimum Gasteiger partial charge on any atom is -0.393 e. The Balaban J connectivity index is 1.96. The quantitative estimate of drug-likeness (QED) is 0.769. The van der Waals surface area contributed by atoms with Crippen molar-refractivity contribution in [2.75, 3.05) is 19.8 Å². The van der Waals surface area contributed by atoms with Gasteiger partial charge in [-0.25, -0.2) is 0 Å². The van der Waals surface area contributed by atoms with E-state index < -0.39 is 5.60 Å². The lowest BCUT2D eigenvalue weighted by atomic mass is 10.1. The molecule has 124 valence electrons. The second-order valence-electron chi connectivity index (χ2n) is 6.45. The first-order valence-corrected chi connectivity index (χ1v) is 8.14. The summed E-state index contributed by atoms with van der Waals surface area (Å²) in [5.41, 5.74) is 2.11. The number of ether oxygens (including phenoxy) is 1. The van der Waals surface area contributed by atoms with Gasteiger partial charge < -0.3 is 9.84 Å². The zero-order valence-electron chi connectivity index (χ0n) is 14.1. The molecule has 0 amide bonds. The lowest BCUT2D eigenvalue weighted by Crippen LogP contribution is -2.34. The van der Waals surface area contributed by atoms with Crippen LogP contribution < -0.4 is 0 Å². The van der Waals surface area contributed by atoms with E-state index in [0.29, 0.717) is 6.61 Å². The third kappa shape index (κ3) is 6.53. The maximum Gasteiger partial charge on any atom is 0.0856 e. The smallest absolute Gasteiger partial charge is 0.0856 e. The van der Waals surface area contributed by atoms with Crippen LogP contribution >= 0.6 is 0 Å². The van der Waals surface area contributed by atoms with Crippen LogP contribution in [0.2, 0.25) is 0 Å². The van der Waals surface area contributed by atoms with Crippen LogP contribution in [0.5, 0.6) is 0 Å². The molecule has 3 heteroatoms. The molecule has 0 aliphatic heterocycles. The van der Waals surface area contributed by atoms with E-state index in [1.807, 2.05) is 26.0 Å². The van der Waals surface area contributed by atoms with Crippen LogP contribution in [-0.2, 0) is 17.8 Å². The van der Waals surface area contributed by atoms with E-state index >= 15 is 0 Å². The molecule has 0 unspecified atom stereocenters. The van der Waals surface area contributed by atoms with Crippen molar-refractivity contribution >= 4 is 0 Å². The van der Waals surface area contributed by atoms with Gasteiger partial charge in [0, 0.05) is 19.6 Å². The van der Waals surface area contributed by atoms with Gasteiger partial charge in [0.1, 0.15) is 0 Å². The van der Waals surface area contributed by atoms with Gasteiger partial charge in [0.05, 0.1) is 18.8 Å². The van der Waals surface area contributed by atoms with Crippen molar-refractivity contribution in [1.29, 1.82) is 0 Å². The van der Waals surface area contributed by atoms with Gasteiger partial charge in [-0.05, 0) is 25.0 Å². The van der Waals surface area contributed by atoms with Gasteiger partial charge in [-0.2, -0.15) is 0 Å². The molecule has 0 fully saturated rings. The second-order valence-corrected chi connectivity index (χ2v) is 6.45. The van der Waals surface area contributed by atoms with Crippen molar-refractivity contribution in [2.24, 2.45) is 0 Å².